The van der Waals surface area contributed by atoms with Crippen molar-refractivity contribution in [2.75, 3.05) is 17.7 Å². The van der Waals surface area contributed by atoms with Crippen LogP contribution in [0, 0.1) is 5.82 Å². The first-order valence-corrected chi connectivity index (χ1v) is 9.69. The van der Waals surface area contributed by atoms with Crippen molar-refractivity contribution in [2.45, 2.75) is 26.2 Å². The number of carbonyl (C=O) groups is 2. The Morgan fingerprint density at radius 2 is 1.77 bits per heavy atom. The van der Waals surface area contributed by atoms with Crippen LogP contribution in [0.1, 0.15) is 47.3 Å². The van der Waals surface area contributed by atoms with Gasteiger partial charge < -0.3 is 15.4 Å². The Bertz CT molecular complexity index is 1130. The van der Waals surface area contributed by atoms with Gasteiger partial charge in [0.05, 0.1) is 18.5 Å². The molecule has 0 bridgehead atoms. The van der Waals surface area contributed by atoms with Gasteiger partial charge in [0.2, 0.25) is 0 Å². The summed E-state index contributed by atoms with van der Waals surface area (Å²) in [5.41, 5.74) is 1.99. The second kappa shape index (κ2) is 8.59. The molecule has 31 heavy (non-hydrogen) atoms. The van der Waals surface area contributed by atoms with Crippen LogP contribution >= 0.6 is 0 Å². The van der Waals surface area contributed by atoms with Crippen molar-refractivity contribution < 1.29 is 18.7 Å². The smallest absolute Gasteiger partial charge is 0.273 e. The average Bonchev–Trinajstić information content (AvgIpc) is 3.10. The van der Waals surface area contributed by atoms with Crippen molar-refractivity contribution in [3.8, 4) is 5.75 Å². The summed E-state index contributed by atoms with van der Waals surface area (Å²) in [6, 6.07) is 12.0. The molecule has 8 heteroatoms. The van der Waals surface area contributed by atoms with Gasteiger partial charge >= 0.3 is 0 Å². The maximum atomic E-state index is 13.4. The molecule has 0 fully saturated rings. The lowest BCUT2D eigenvalue weighted by molar-refractivity contribution is 0.101. The molecule has 0 saturated heterocycles. The molecule has 2 aromatic carbocycles. The zero-order valence-corrected chi connectivity index (χ0v) is 18.1. The number of amides is 2. The van der Waals surface area contributed by atoms with Crippen LogP contribution < -0.4 is 15.4 Å². The van der Waals surface area contributed by atoms with Gasteiger partial charge in [-0.3, -0.25) is 14.3 Å². The van der Waals surface area contributed by atoms with Gasteiger partial charge in [-0.05, 0) is 42.5 Å². The molecule has 1 heterocycles. The molecule has 0 aliphatic heterocycles. The molecule has 0 aliphatic carbocycles. The summed E-state index contributed by atoms with van der Waals surface area (Å²) in [5.74, 6) is -0.939. The lowest BCUT2D eigenvalue weighted by atomic mass is 9.92. The number of ether oxygens (including phenoxy) is 1. The SMILES string of the molecule is COc1ccc(NC(=O)c2cc(C(C)(C)C)nn2C)cc1NC(=O)c1cccc(F)c1. The number of aromatic nitrogens is 2. The highest BCUT2D eigenvalue weighted by atomic mass is 19.1. The zero-order valence-electron chi connectivity index (χ0n) is 18.1. The van der Waals surface area contributed by atoms with Crippen LogP contribution in [0.5, 0.6) is 5.75 Å². The van der Waals surface area contributed by atoms with E-state index in [9.17, 15) is 14.0 Å². The number of rotatable bonds is 5. The molecule has 1 aromatic heterocycles. The number of hydrogen-bond acceptors (Lipinski definition) is 4. The van der Waals surface area contributed by atoms with Gasteiger partial charge in [-0.25, -0.2) is 4.39 Å². The Balaban J connectivity index is 1.83. The quantitative estimate of drug-likeness (QED) is 0.637. The number of methoxy groups -OCH3 is 1. The third-order valence-corrected chi connectivity index (χ3v) is 4.67. The van der Waals surface area contributed by atoms with E-state index in [0.29, 0.717) is 22.8 Å². The number of nitrogens with zero attached hydrogens (tertiary/aromatic N) is 2. The van der Waals surface area contributed by atoms with Gasteiger partial charge in [0.25, 0.3) is 11.8 Å². The summed E-state index contributed by atoms with van der Waals surface area (Å²) in [6.07, 6.45) is 0. The average molecular weight is 424 g/mol. The summed E-state index contributed by atoms with van der Waals surface area (Å²) in [6.45, 7) is 6.07. The summed E-state index contributed by atoms with van der Waals surface area (Å²) in [7, 11) is 3.18. The maximum Gasteiger partial charge on any atom is 0.273 e. The van der Waals surface area contributed by atoms with Crippen LogP contribution in [0.3, 0.4) is 0 Å². The van der Waals surface area contributed by atoms with E-state index in [1.54, 1.807) is 31.3 Å². The first kappa shape index (κ1) is 22.0. The minimum Gasteiger partial charge on any atom is -0.495 e. The van der Waals surface area contributed by atoms with E-state index in [4.69, 9.17) is 4.74 Å². The van der Waals surface area contributed by atoms with Gasteiger partial charge in [0.1, 0.15) is 17.3 Å². The molecule has 7 nitrogen and oxygen atoms in total. The predicted octanol–water partition coefficient (Wildman–Crippen LogP) is 4.37. The third kappa shape index (κ3) is 5.09. The molecule has 0 aliphatic rings. The highest BCUT2D eigenvalue weighted by molar-refractivity contribution is 6.06. The summed E-state index contributed by atoms with van der Waals surface area (Å²) in [4.78, 5) is 25.3. The third-order valence-electron chi connectivity index (χ3n) is 4.67. The summed E-state index contributed by atoms with van der Waals surface area (Å²) >= 11 is 0. The molecule has 3 rings (SSSR count). The molecule has 0 spiro atoms. The molecule has 0 radical (unpaired) electrons. The van der Waals surface area contributed by atoms with Crippen LogP contribution in [-0.4, -0.2) is 28.7 Å². The standard InChI is InChI=1S/C23H25FN4O3/c1-23(2,3)20-13-18(28(4)27-20)22(30)25-16-9-10-19(31-5)17(12-16)26-21(29)14-7-6-8-15(24)11-14/h6-13H,1-5H3,(H,25,30)(H,26,29). The molecule has 162 valence electrons. The van der Waals surface area contributed by atoms with Crippen molar-refractivity contribution in [1.82, 2.24) is 9.78 Å². The molecular formula is C23H25FN4O3. The van der Waals surface area contributed by atoms with E-state index < -0.39 is 11.7 Å². The Morgan fingerprint density at radius 1 is 1.03 bits per heavy atom. The number of carbonyl (C=O) groups excluding carboxylic acids is 2. The van der Waals surface area contributed by atoms with E-state index >= 15 is 0 Å². The number of benzene rings is 2. The van der Waals surface area contributed by atoms with Crippen LogP contribution in [-0.2, 0) is 12.5 Å². The van der Waals surface area contributed by atoms with E-state index in [-0.39, 0.29) is 16.9 Å². The first-order valence-electron chi connectivity index (χ1n) is 9.69. The van der Waals surface area contributed by atoms with Crippen LogP contribution in [0.4, 0.5) is 15.8 Å². The normalized spacial score (nSPS) is 11.2. The fraction of sp³-hybridized carbons (Fsp3) is 0.261. The molecule has 0 atom stereocenters. The van der Waals surface area contributed by atoms with Gasteiger partial charge in [0.15, 0.2) is 0 Å². The second-order valence-electron chi connectivity index (χ2n) is 8.12. The van der Waals surface area contributed by atoms with Crippen molar-refractivity contribution in [2.24, 2.45) is 7.05 Å². The Kier molecular flexibility index (Phi) is 6.10. The summed E-state index contributed by atoms with van der Waals surface area (Å²) in [5, 5.41) is 9.92. The molecule has 0 saturated carbocycles. The first-order chi connectivity index (χ1) is 14.6. The lowest BCUT2D eigenvalue weighted by Crippen LogP contribution is -2.17. The second-order valence-corrected chi connectivity index (χ2v) is 8.12. The fourth-order valence-electron chi connectivity index (χ4n) is 2.95. The largest absolute Gasteiger partial charge is 0.495 e. The monoisotopic (exact) mass is 424 g/mol. The molecule has 2 amide bonds. The maximum absolute atomic E-state index is 13.4. The van der Waals surface area contributed by atoms with Crippen molar-refractivity contribution in [1.29, 1.82) is 0 Å². The molecular weight excluding hydrogens is 399 g/mol. The number of aryl methyl sites for hydroxylation is 1. The number of anilines is 2. The predicted molar refractivity (Wildman–Crippen MR) is 117 cm³/mol. The zero-order chi connectivity index (χ0) is 22.8. The highest BCUT2D eigenvalue weighted by Crippen LogP contribution is 2.29. The number of hydrogen-bond donors (Lipinski definition) is 2. The van der Waals surface area contributed by atoms with Gasteiger partial charge in [-0.1, -0.05) is 26.8 Å². The number of nitrogens with one attached hydrogen (secondary N) is 2. The van der Waals surface area contributed by atoms with Gasteiger partial charge in [0, 0.05) is 23.7 Å². The van der Waals surface area contributed by atoms with Crippen LogP contribution in [0.25, 0.3) is 0 Å². The Hall–Kier alpha value is -3.68. The van der Waals surface area contributed by atoms with Crippen molar-refractivity contribution in [3.05, 3.63) is 71.3 Å². The van der Waals surface area contributed by atoms with E-state index in [2.05, 4.69) is 15.7 Å². The van der Waals surface area contributed by atoms with E-state index in [1.165, 1.54) is 30.0 Å². The fourth-order valence-corrected chi connectivity index (χ4v) is 2.95. The van der Waals surface area contributed by atoms with Crippen LogP contribution in [0.2, 0.25) is 0 Å². The Labute approximate surface area is 180 Å². The molecule has 2 N–H and O–H groups in total. The molecule has 0 unspecified atom stereocenters. The Morgan fingerprint density at radius 3 is 2.39 bits per heavy atom. The van der Waals surface area contributed by atoms with Gasteiger partial charge in [-0.15, -0.1) is 0 Å². The van der Waals surface area contributed by atoms with E-state index in [0.717, 1.165) is 11.8 Å². The van der Waals surface area contributed by atoms with Crippen LogP contribution in [0.15, 0.2) is 48.5 Å². The summed E-state index contributed by atoms with van der Waals surface area (Å²) < 4.78 is 20.3. The van der Waals surface area contributed by atoms with E-state index in [1.807, 2.05) is 20.8 Å². The van der Waals surface area contributed by atoms with Gasteiger partial charge in [-0.2, -0.15) is 5.10 Å². The minimum absolute atomic E-state index is 0.168. The number of halogens is 1. The topological polar surface area (TPSA) is 85.2 Å². The highest BCUT2D eigenvalue weighted by Gasteiger charge is 2.22. The lowest BCUT2D eigenvalue weighted by Gasteiger charge is -2.13. The minimum atomic E-state index is -0.508. The van der Waals surface area contributed by atoms with Crippen molar-refractivity contribution in [3.63, 3.8) is 0 Å². The molecule has 3 aromatic rings. The van der Waals surface area contributed by atoms with Crippen molar-refractivity contribution >= 4 is 23.2 Å².